The fourth-order valence-corrected chi connectivity index (χ4v) is 3.19. The van der Waals surface area contributed by atoms with Crippen molar-refractivity contribution in [1.29, 1.82) is 0 Å². The van der Waals surface area contributed by atoms with Crippen molar-refractivity contribution in [3.8, 4) is 0 Å². The minimum Gasteiger partial charge on any atom is -0.481 e. The number of hydrogen-bond acceptors (Lipinski definition) is 4. The number of carbonyl (C=O) groups is 2. The molecule has 0 aromatic carbocycles. The minimum absolute atomic E-state index is 0.242. The largest absolute Gasteiger partial charge is 0.481 e. The van der Waals surface area contributed by atoms with Crippen LogP contribution in [0, 0.1) is 11.8 Å². The minimum atomic E-state index is -0.946. The summed E-state index contributed by atoms with van der Waals surface area (Å²) in [6, 6.07) is 0. The van der Waals surface area contributed by atoms with Gasteiger partial charge in [-0.1, -0.05) is 0 Å². The normalized spacial score (nSPS) is 31.4. The summed E-state index contributed by atoms with van der Waals surface area (Å²) in [6.45, 7) is 0.354. The lowest BCUT2D eigenvalue weighted by atomic mass is 9.78. The Morgan fingerprint density at radius 1 is 1.45 bits per heavy atom. The Labute approximate surface area is 115 Å². The zero-order valence-corrected chi connectivity index (χ0v) is 11.2. The molecule has 0 saturated carbocycles. The van der Waals surface area contributed by atoms with Crippen molar-refractivity contribution in [2.24, 2.45) is 18.9 Å². The molecular formula is C13H17N3O4. The molecule has 20 heavy (non-hydrogen) atoms. The van der Waals surface area contributed by atoms with Gasteiger partial charge in [-0.3, -0.25) is 14.3 Å². The van der Waals surface area contributed by atoms with Crippen LogP contribution >= 0.6 is 0 Å². The zero-order valence-electron chi connectivity index (χ0n) is 11.2. The Bertz CT molecular complexity index is 541. The summed E-state index contributed by atoms with van der Waals surface area (Å²) in [5.41, 5.74) is 0.886. The monoisotopic (exact) mass is 279 g/mol. The van der Waals surface area contributed by atoms with Crippen LogP contribution in [0.5, 0.6) is 0 Å². The van der Waals surface area contributed by atoms with Gasteiger partial charge in [-0.25, -0.2) is 0 Å². The summed E-state index contributed by atoms with van der Waals surface area (Å²) in [7, 11) is 1.80. The van der Waals surface area contributed by atoms with Crippen LogP contribution in [0.25, 0.3) is 0 Å². The molecule has 7 heteroatoms. The summed E-state index contributed by atoms with van der Waals surface area (Å²) in [5, 5.41) is 16.1. The smallest absolute Gasteiger partial charge is 0.310 e. The summed E-state index contributed by atoms with van der Waals surface area (Å²) in [6.07, 6.45) is 4.41. The summed E-state index contributed by atoms with van der Waals surface area (Å²) in [5.74, 6) is -2.49. The van der Waals surface area contributed by atoms with Crippen LogP contribution in [0.15, 0.2) is 12.4 Å². The molecule has 3 rings (SSSR count). The molecule has 2 aliphatic rings. The molecule has 3 heterocycles. The molecular weight excluding hydrogens is 262 g/mol. The first-order valence-electron chi connectivity index (χ1n) is 6.70. The molecule has 0 aliphatic carbocycles. The second-order valence-electron chi connectivity index (χ2n) is 5.42. The van der Waals surface area contributed by atoms with E-state index in [1.807, 2.05) is 6.20 Å². The number of amides is 1. The quantitative estimate of drug-likeness (QED) is 0.803. The van der Waals surface area contributed by atoms with Crippen LogP contribution in [0.3, 0.4) is 0 Å². The highest BCUT2D eigenvalue weighted by Crippen LogP contribution is 2.43. The number of hydrogen-bond donors (Lipinski definition) is 2. The molecule has 1 aromatic heterocycles. The van der Waals surface area contributed by atoms with Crippen molar-refractivity contribution in [2.45, 2.75) is 31.6 Å². The molecule has 2 N–H and O–H groups in total. The highest BCUT2D eigenvalue weighted by atomic mass is 16.5. The van der Waals surface area contributed by atoms with Gasteiger partial charge in [0.1, 0.15) is 0 Å². The van der Waals surface area contributed by atoms with E-state index in [9.17, 15) is 14.7 Å². The Morgan fingerprint density at radius 3 is 2.75 bits per heavy atom. The third-order valence-corrected chi connectivity index (χ3v) is 4.09. The molecule has 0 unspecified atom stereocenters. The van der Waals surface area contributed by atoms with E-state index in [2.05, 4.69) is 10.4 Å². The first kappa shape index (κ1) is 13.1. The van der Waals surface area contributed by atoms with Crippen LogP contribution in [-0.2, 0) is 27.9 Å². The van der Waals surface area contributed by atoms with Crippen molar-refractivity contribution in [3.05, 3.63) is 18.0 Å². The number of carboxylic acids is 1. The van der Waals surface area contributed by atoms with Crippen LogP contribution < -0.4 is 5.32 Å². The number of nitrogens with one attached hydrogen (secondary N) is 1. The van der Waals surface area contributed by atoms with Crippen molar-refractivity contribution < 1.29 is 19.4 Å². The number of carboxylic acid groups (broad SMARTS) is 1. The van der Waals surface area contributed by atoms with Gasteiger partial charge >= 0.3 is 5.97 Å². The standard InChI is InChI=1S/C13H17N3O4/c1-16-6-7(5-15-16)4-14-12(17)10-8-2-3-9(20-8)11(10)13(18)19/h5-6,8-11H,2-4H2,1H3,(H,14,17)(H,18,19)/t8-,9-,10-,11+/m1/s1. The summed E-state index contributed by atoms with van der Waals surface area (Å²) in [4.78, 5) is 23.6. The molecule has 1 aromatic rings. The lowest BCUT2D eigenvalue weighted by Gasteiger charge is -2.23. The number of rotatable bonds is 4. The average molecular weight is 279 g/mol. The van der Waals surface area contributed by atoms with Crippen LogP contribution in [0.4, 0.5) is 0 Å². The predicted molar refractivity (Wildman–Crippen MR) is 67.6 cm³/mol. The fraction of sp³-hybridized carbons (Fsp3) is 0.615. The van der Waals surface area contributed by atoms with Gasteiger partial charge in [0.25, 0.3) is 0 Å². The van der Waals surface area contributed by atoms with E-state index in [4.69, 9.17) is 4.74 Å². The maximum absolute atomic E-state index is 12.2. The molecule has 108 valence electrons. The van der Waals surface area contributed by atoms with E-state index >= 15 is 0 Å². The van der Waals surface area contributed by atoms with Gasteiger partial charge in [-0.05, 0) is 12.8 Å². The fourth-order valence-electron chi connectivity index (χ4n) is 3.19. The molecule has 0 spiro atoms. The number of fused-ring (bicyclic) bond motifs is 2. The molecule has 2 bridgehead atoms. The number of nitrogens with zero attached hydrogens (tertiary/aromatic N) is 2. The average Bonchev–Trinajstić information content (AvgIpc) is 3.10. The molecule has 0 radical (unpaired) electrons. The lowest BCUT2D eigenvalue weighted by molar-refractivity contribution is -0.147. The first-order valence-corrected chi connectivity index (χ1v) is 6.70. The second-order valence-corrected chi connectivity index (χ2v) is 5.42. The molecule has 2 saturated heterocycles. The van der Waals surface area contributed by atoms with Gasteiger partial charge in [-0.15, -0.1) is 0 Å². The van der Waals surface area contributed by atoms with Crippen molar-refractivity contribution in [1.82, 2.24) is 15.1 Å². The molecule has 2 fully saturated rings. The van der Waals surface area contributed by atoms with Gasteiger partial charge in [0, 0.05) is 25.4 Å². The Hall–Kier alpha value is -1.89. The summed E-state index contributed by atoms with van der Waals surface area (Å²) < 4.78 is 7.23. The number of carbonyl (C=O) groups excluding carboxylic acids is 1. The molecule has 4 atom stereocenters. The predicted octanol–water partition coefficient (Wildman–Crippen LogP) is -0.0855. The zero-order chi connectivity index (χ0) is 14.3. The molecule has 2 aliphatic heterocycles. The maximum Gasteiger partial charge on any atom is 0.310 e. The number of aromatic nitrogens is 2. The van der Waals surface area contributed by atoms with Crippen molar-refractivity contribution in [2.75, 3.05) is 0 Å². The van der Waals surface area contributed by atoms with Gasteiger partial charge in [0.15, 0.2) is 0 Å². The Balaban J connectivity index is 1.65. The number of aryl methyl sites for hydroxylation is 1. The maximum atomic E-state index is 12.2. The van der Waals surface area contributed by atoms with Crippen LogP contribution in [0.2, 0.25) is 0 Å². The molecule has 7 nitrogen and oxygen atoms in total. The SMILES string of the molecule is Cn1cc(CNC(=O)[C@H]2[C@@H](C(=O)O)[C@H]3CC[C@H]2O3)cn1. The number of ether oxygens (including phenoxy) is 1. The lowest BCUT2D eigenvalue weighted by Crippen LogP contribution is -2.43. The second kappa shape index (κ2) is 4.90. The van der Waals surface area contributed by atoms with Gasteiger partial charge in [0.2, 0.25) is 5.91 Å². The first-order chi connectivity index (χ1) is 9.56. The molecule has 1 amide bonds. The van der Waals surface area contributed by atoms with E-state index in [-0.39, 0.29) is 18.1 Å². The van der Waals surface area contributed by atoms with E-state index in [0.717, 1.165) is 18.4 Å². The van der Waals surface area contributed by atoms with Gasteiger partial charge < -0.3 is 15.2 Å². The van der Waals surface area contributed by atoms with Gasteiger partial charge in [-0.2, -0.15) is 5.10 Å². The van der Waals surface area contributed by atoms with Crippen LogP contribution in [-0.4, -0.2) is 39.0 Å². The van der Waals surface area contributed by atoms with Crippen molar-refractivity contribution in [3.63, 3.8) is 0 Å². The van der Waals surface area contributed by atoms with E-state index in [1.165, 1.54) is 0 Å². The van der Waals surface area contributed by atoms with Gasteiger partial charge in [0.05, 0.1) is 30.2 Å². The topological polar surface area (TPSA) is 93.5 Å². The third-order valence-electron chi connectivity index (χ3n) is 4.09. The summed E-state index contributed by atoms with van der Waals surface area (Å²) >= 11 is 0. The van der Waals surface area contributed by atoms with E-state index in [0.29, 0.717) is 6.54 Å². The van der Waals surface area contributed by atoms with Crippen LogP contribution in [0.1, 0.15) is 18.4 Å². The van der Waals surface area contributed by atoms with E-state index in [1.54, 1.807) is 17.9 Å². The Morgan fingerprint density at radius 2 is 2.15 bits per heavy atom. The van der Waals surface area contributed by atoms with Crippen molar-refractivity contribution >= 4 is 11.9 Å². The third kappa shape index (κ3) is 2.18. The number of aliphatic carboxylic acids is 1. The Kier molecular flexibility index (Phi) is 3.21. The van der Waals surface area contributed by atoms with E-state index < -0.39 is 17.8 Å². The highest BCUT2D eigenvalue weighted by molar-refractivity contribution is 5.86. The highest BCUT2D eigenvalue weighted by Gasteiger charge is 2.55.